The fourth-order valence-corrected chi connectivity index (χ4v) is 1.32. The number of hydrogen-bond acceptors (Lipinski definition) is 1. The van der Waals surface area contributed by atoms with Crippen LogP contribution >= 0.6 is 0 Å². The van der Waals surface area contributed by atoms with E-state index in [2.05, 4.69) is 0 Å². The summed E-state index contributed by atoms with van der Waals surface area (Å²) in [5.74, 6) is -0.884. The molecule has 0 aliphatic rings. The molecule has 0 amide bonds. The Bertz CT molecular complexity index is 466. The van der Waals surface area contributed by atoms with Crippen molar-refractivity contribution in [3.8, 4) is 0 Å². The SMILES string of the molecule is O=C(O)c1ccc2ccccc2c1.[Na]. The van der Waals surface area contributed by atoms with Gasteiger partial charge in [0.2, 0.25) is 0 Å². The number of carboxylic acids is 1. The largest absolute Gasteiger partial charge is 0.478 e. The molecule has 0 spiro atoms. The summed E-state index contributed by atoms with van der Waals surface area (Å²) in [5, 5.41) is 10.8. The maximum absolute atomic E-state index is 10.6. The first-order valence-electron chi connectivity index (χ1n) is 3.99. The number of rotatable bonds is 1. The normalized spacial score (nSPS) is 9.43. The van der Waals surface area contributed by atoms with Gasteiger partial charge in [-0.25, -0.2) is 4.79 Å². The number of benzene rings is 2. The van der Waals surface area contributed by atoms with Crippen molar-refractivity contribution in [3.05, 3.63) is 48.0 Å². The smallest absolute Gasteiger partial charge is 0.335 e. The van der Waals surface area contributed by atoms with E-state index < -0.39 is 5.97 Å². The number of carbonyl (C=O) groups is 1. The monoisotopic (exact) mass is 195 g/mol. The summed E-state index contributed by atoms with van der Waals surface area (Å²) in [6.07, 6.45) is 0. The first kappa shape index (κ1) is 11.2. The van der Waals surface area contributed by atoms with Crippen LogP contribution in [0.2, 0.25) is 0 Å². The van der Waals surface area contributed by atoms with Crippen LogP contribution in [-0.4, -0.2) is 40.6 Å². The molecule has 2 rings (SSSR count). The molecule has 2 aromatic rings. The quantitative estimate of drug-likeness (QED) is 0.708. The molecule has 0 fully saturated rings. The van der Waals surface area contributed by atoms with Crippen LogP contribution in [0.4, 0.5) is 0 Å². The van der Waals surface area contributed by atoms with E-state index in [1.807, 2.05) is 30.3 Å². The molecule has 0 saturated carbocycles. The third kappa shape index (κ3) is 2.15. The second kappa shape index (κ2) is 4.60. The molecular weight excluding hydrogens is 187 g/mol. The fourth-order valence-electron chi connectivity index (χ4n) is 1.32. The Morgan fingerprint density at radius 1 is 1.00 bits per heavy atom. The Hall–Kier alpha value is -0.830. The molecule has 14 heavy (non-hydrogen) atoms. The van der Waals surface area contributed by atoms with Gasteiger partial charge in [-0.1, -0.05) is 30.3 Å². The molecule has 0 aliphatic carbocycles. The van der Waals surface area contributed by atoms with Crippen molar-refractivity contribution in [2.75, 3.05) is 0 Å². The summed E-state index contributed by atoms with van der Waals surface area (Å²) in [6.45, 7) is 0. The van der Waals surface area contributed by atoms with Gasteiger partial charge in [0.25, 0.3) is 0 Å². The van der Waals surface area contributed by atoms with Crippen LogP contribution in [0.15, 0.2) is 42.5 Å². The Kier molecular flexibility index (Phi) is 3.69. The van der Waals surface area contributed by atoms with Gasteiger partial charge in [-0.3, -0.25) is 0 Å². The maximum atomic E-state index is 10.6. The summed E-state index contributed by atoms with van der Waals surface area (Å²) >= 11 is 0. The van der Waals surface area contributed by atoms with Gasteiger partial charge in [0.05, 0.1) is 5.56 Å². The van der Waals surface area contributed by atoms with E-state index in [1.165, 1.54) is 0 Å². The molecule has 0 heterocycles. The van der Waals surface area contributed by atoms with Crippen LogP contribution in [0, 0.1) is 0 Å². The van der Waals surface area contributed by atoms with Crippen LogP contribution in [-0.2, 0) is 0 Å². The third-order valence-electron chi connectivity index (χ3n) is 2.00. The van der Waals surface area contributed by atoms with Crippen molar-refractivity contribution in [1.29, 1.82) is 0 Å². The van der Waals surface area contributed by atoms with Crippen molar-refractivity contribution in [1.82, 2.24) is 0 Å². The van der Waals surface area contributed by atoms with E-state index in [0.717, 1.165) is 10.8 Å². The van der Waals surface area contributed by atoms with Crippen molar-refractivity contribution >= 4 is 46.3 Å². The molecule has 0 unspecified atom stereocenters. The van der Waals surface area contributed by atoms with Gasteiger partial charge >= 0.3 is 5.97 Å². The number of fused-ring (bicyclic) bond motifs is 1. The summed E-state index contributed by atoms with van der Waals surface area (Å²) < 4.78 is 0. The average molecular weight is 195 g/mol. The standard InChI is InChI=1S/C11H8O2.Na/c12-11(13)10-6-5-8-3-1-2-4-9(8)7-10;/h1-7H,(H,12,13);. The van der Waals surface area contributed by atoms with E-state index in [0.29, 0.717) is 5.56 Å². The van der Waals surface area contributed by atoms with Crippen LogP contribution in [0.3, 0.4) is 0 Å². The maximum Gasteiger partial charge on any atom is 0.335 e. The van der Waals surface area contributed by atoms with Crippen LogP contribution in [0.1, 0.15) is 10.4 Å². The van der Waals surface area contributed by atoms with Crippen LogP contribution in [0.25, 0.3) is 10.8 Å². The summed E-state index contributed by atoms with van der Waals surface area (Å²) in [6, 6.07) is 12.8. The van der Waals surface area contributed by atoms with Gasteiger partial charge in [0.1, 0.15) is 0 Å². The van der Waals surface area contributed by atoms with E-state index in [-0.39, 0.29) is 29.6 Å². The summed E-state index contributed by atoms with van der Waals surface area (Å²) in [7, 11) is 0. The topological polar surface area (TPSA) is 37.3 Å². The van der Waals surface area contributed by atoms with E-state index in [4.69, 9.17) is 5.11 Å². The van der Waals surface area contributed by atoms with Gasteiger partial charge in [-0.05, 0) is 22.9 Å². The predicted molar refractivity (Wildman–Crippen MR) is 56.7 cm³/mol. The number of hydrogen-bond donors (Lipinski definition) is 1. The molecule has 0 aromatic heterocycles. The Labute approximate surface area is 104 Å². The van der Waals surface area contributed by atoms with E-state index >= 15 is 0 Å². The van der Waals surface area contributed by atoms with Crippen LogP contribution in [0.5, 0.6) is 0 Å². The van der Waals surface area contributed by atoms with Crippen LogP contribution < -0.4 is 0 Å². The van der Waals surface area contributed by atoms with Gasteiger partial charge in [-0.15, -0.1) is 0 Å². The van der Waals surface area contributed by atoms with Gasteiger partial charge in [0, 0.05) is 29.6 Å². The van der Waals surface area contributed by atoms with Crippen molar-refractivity contribution in [2.24, 2.45) is 0 Å². The van der Waals surface area contributed by atoms with Gasteiger partial charge < -0.3 is 5.11 Å². The first-order chi connectivity index (χ1) is 6.27. The molecule has 0 atom stereocenters. The molecule has 3 heteroatoms. The van der Waals surface area contributed by atoms with Crippen molar-refractivity contribution < 1.29 is 9.90 Å². The zero-order valence-corrected chi connectivity index (χ0v) is 9.90. The second-order valence-electron chi connectivity index (χ2n) is 2.87. The molecule has 0 saturated heterocycles. The molecule has 65 valence electrons. The zero-order chi connectivity index (χ0) is 9.26. The summed E-state index contributed by atoms with van der Waals surface area (Å²) in [5.41, 5.74) is 0.332. The predicted octanol–water partition coefficient (Wildman–Crippen LogP) is 2.16. The van der Waals surface area contributed by atoms with E-state index in [1.54, 1.807) is 12.1 Å². The Morgan fingerprint density at radius 3 is 2.29 bits per heavy atom. The molecular formula is C11H8NaO2. The minimum atomic E-state index is -0.884. The van der Waals surface area contributed by atoms with Crippen molar-refractivity contribution in [2.45, 2.75) is 0 Å². The molecule has 2 aromatic carbocycles. The third-order valence-corrected chi connectivity index (χ3v) is 2.00. The molecule has 2 nitrogen and oxygen atoms in total. The minimum absolute atomic E-state index is 0. The molecule has 0 aliphatic heterocycles. The second-order valence-corrected chi connectivity index (χ2v) is 2.87. The molecule has 1 radical (unpaired) electrons. The molecule has 0 bridgehead atoms. The fraction of sp³-hybridized carbons (Fsp3) is 0. The van der Waals surface area contributed by atoms with E-state index in [9.17, 15) is 4.79 Å². The van der Waals surface area contributed by atoms with Gasteiger partial charge in [0.15, 0.2) is 0 Å². The average Bonchev–Trinajstić information content (AvgIpc) is 2.17. The minimum Gasteiger partial charge on any atom is -0.478 e. The Balaban J connectivity index is 0.000000980. The Morgan fingerprint density at radius 2 is 1.64 bits per heavy atom. The zero-order valence-electron chi connectivity index (χ0n) is 7.90. The summed E-state index contributed by atoms with van der Waals surface area (Å²) in [4.78, 5) is 10.6. The number of aromatic carboxylic acids is 1. The van der Waals surface area contributed by atoms with Gasteiger partial charge in [-0.2, -0.15) is 0 Å². The first-order valence-corrected chi connectivity index (χ1v) is 3.99. The van der Waals surface area contributed by atoms with Crippen molar-refractivity contribution in [3.63, 3.8) is 0 Å². The number of carboxylic acid groups (broad SMARTS) is 1. The molecule has 1 N–H and O–H groups in total.